The molecule has 0 radical (unpaired) electrons. The predicted octanol–water partition coefficient (Wildman–Crippen LogP) is 0.507. The van der Waals surface area contributed by atoms with Crippen molar-refractivity contribution in [2.45, 2.75) is 12.5 Å². The van der Waals surface area contributed by atoms with Crippen molar-refractivity contribution >= 4 is 52.8 Å². The minimum Gasteiger partial charge on any atom is -0.548 e. The van der Waals surface area contributed by atoms with Crippen LogP contribution in [0.3, 0.4) is 0 Å². The Hall–Kier alpha value is -2.42. The molecule has 33 heavy (non-hydrogen) atoms. The fraction of sp³-hybridized carbons (Fsp3) is 0.130. The van der Waals surface area contributed by atoms with Crippen LogP contribution in [-0.2, 0) is 4.79 Å². The predicted molar refractivity (Wildman–Crippen MR) is 123 cm³/mol. The van der Waals surface area contributed by atoms with Crippen molar-refractivity contribution in [1.29, 1.82) is 0 Å². The average molecular weight is 493 g/mol. The SMILES string of the molecule is CN(c1ccc(/C=C/C[C@H](NC(=O)c2c(Cl)cccc2Cl)C(=O)[O-])cc1)c1ncccn1.[Na+]. The van der Waals surface area contributed by atoms with Gasteiger partial charge < -0.3 is 20.1 Å². The summed E-state index contributed by atoms with van der Waals surface area (Å²) in [5.74, 6) is -1.52. The van der Waals surface area contributed by atoms with Crippen LogP contribution in [0.2, 0.25) is 10.0 Å². The van der Waals surface area contributed by atoms with Gasteiger partial charge in [0.1, 0.15) is 0 Å². The van der Waals surface area contributed by atoms with Crippen molar-refractivity contribution < 1.29 is 44.3 Å². The van der Waals surface area contributed by atoms with E-state index in [4.69, 9.17) is 23.2 Å². The Morgan fingerprint density at radius 1 is 1.06 bits per heavy atom. The fourth-order valence-electron chi connectivity index (χ4n) is 2.89. The summed E-state index contributed by atoms with van der Waals surface area (Å²) in [7, 11) is 1.86. The van der Waals surface area contributed by atoms with E-state index in [1.54, 1.807) is 36.7 Å². The summed E-state index contributed by atoms with van der Waals surface area (Å²) in [4.78, 5) is 34.2. The van der Waals surface area contributed by atoms with Gasteiger partial charge in [-0.25, -0.2) is 9.97 Å². The third kappa shape index (κ3) is 7.28. The summed E-state index contributed by atoms with van der Waals surface area (Å²) in [5.41, 5.74) is 1.77. The molecule has 0 unspecified atom stereocenters. The number of aromatic nitrogens is 2. The second kappa shape index (κ2) is 12.7. The van der Waals surface area contributed by atoms with E-state index in [2.05, 4.69) is 15.3 Å². The minimum absolute atomic E-state index is 0. The van der Waals surface area contributed by atoms with Gasteiger partial charge in [-0.15, -0.1) is 0 Å². The Bertz CT molecular complexity index is 1110. The number of carbonyl (C=O) groups excluding carboxylic acids is 2. The van der Waals surface area contributed by atoms with Gasteiger partial charge >= 0.3 is 29.6 Å². The molecule has 1 amide bonds. The van der Waals surface area contributed by atoms with E-state index in [0.717, 1.165) is 11.3 Å². The smallest absolute Gasteiger partial charge is 0.548 e. The van der Waals surface area contributed by atoms with Gasteiger partial charge in [-0.1, -0.05) is 53.6 Å². The first kappa shape index (κ1) is 26.8. The molecule has 10 heteroatoms. The van der Waals surface area contributed by atoms with Gasteiger partial charge in [-0.05, 0) is 42.3 Å². The van der Waals surface area contributed by atoms with Crippen molar-refractivity contribution in [1.82, 2.24) is 15.3 Å². The summed E-state index contributed by atoms with van der Waals surface area (Å²) in [6, 6.07) is 12.6. The molecule has 0 saturated heterocycles. The first-order valence-corrected chi connectivity index (χ1v) is 10.4. The zero-order valence-corrected chi connectivity index (χ0v) is 21.5. The zero-order valence-electron chi connectivity index (χ0n) is 18.0. The zero-order chi connectivity index (χ0) is 23.1. The molecule has 1 heterocycles. The maximum absolute atomic E-state index is 12.4. The van der Waals surface area contributed by atoms with E-state index >= 15 is 0 Å². The van der Waals surface area contributed by atoms with Crippen LogP contribution in [0, 0.1) is 0 Å². The second-order valence-electron chi connectivity index (χ2n) is 6.78. The normalized spacial score (nSPS) is 11.5. The molecular weight excluding hydrogens is 474 g/mol. The van der Waals surface area contributed by atoms with E-state index in [1.807, 2.05) is 36.2 Å². The standard InChI is InChI=1S/C23H20Cl2N4O3.Na/c1-29(23-26-13-4-14-27-23)16-11-9-15(10-12-16)5-2-8-19(22(31)32)28-21(30)20-17(24)6-3-7-18(20)25;/h2-7,9-14,19H,8H2,1H3,(H,28,30)(H,31,32);/q;+1/p-1/b5-2+;/t19-;/m0./s1. The van der Waals surface area contributed by atoms with Gasteiger partial charge in [-0.2, -0.15) is 0 Å². The molecule has 0 aliphatic heterocycles. The van der Waals surface area contributed by atoms with Gasteiger partial charge in [0, 0.05) is 25.1 Å². The Kier molecular flexibility index (Phi) is 10.3. The van der Waals surface area contributed by atoms with Gasteiger partial charge in [0.25, 0.3) is 5.91 Å². The summed E-state index contributed by atoms with van der Waals surface area (Å²) >= 11 is 12.0. The van der Waals surface area contributed by atoms with Crippen LogP contribution in [0.4, 0.5) is 11.6 Å². The average Bonchev–Trinajstić information content (AvgIpc) is 2.78. The maximum Gasteiger partial charge on any atom is 1.00 e. The number of nitrogens with one attached hydrogen (secondary N) is 1. The molecule has 0 aliphatic carbocycles. The molecule has 7 nitrogen and oxygen atoms in total. The number of aliphatic carboxylic acids is 1. The number of carboxylic acid groups (broad SMARTS) is 1. The molecule has 3 aromatic rings. The molecule has 0 aliphatic rings. The molecule has 2 aromatic carbocycles. The number of carboxylic acids is 1. The number of carbonyl (C=O) groups is 2. The number of benzene rings is 2. The van der Waals surface area contributed by atoms with Crippen molar-refractivity contribution in [2.24, 2.45) is 0 Å². The van der Waals surface area contributed by atoms with E-state index in [0.29, 0.717) is 5.95 Å². The summed E-state index contributed by atoms with van der Waals surface area (Å²) < 4.78 is 0. The third-order valence-electron chi connectivity index (χ3n) is 4.59. The first-order chi connectivity index (χ1) is 15.4. The molecule has 0 spiro atoms. The van der Waals surface area contributed by atoms with Gasteiger partial charge in [0.2, 0.25) is 5.95 Å². The molecule has 164 valence electrons. The number of anilines is 2. The molecule has 3 rings (SSSR count). The minimum atomic E-state index is -1.41. The summed E-state index contributed by atoms with van der Waals surface area (Å²) in [6.45, 7) is 0. The molecule has 1 N–H and O–H groups in total. The summed E-state index contributed by atoms with van der Waals surface area (Å²) in [6.07, 6.45) is 6.77. The van der Waals surface area contributed by atoms with Gasteiger partial charge in [0.05, 0.1) is 27.6 Å². The Labute approximate surface area is 223 Å². The van der Waals surface area contributed by atoms with Crippen LogP contribution < -0.4 is 44.9 Å². The van der Waals surface area contributed by atoms with E-state index < -0.39 is 17.9 Å². The molecule has 0 saturated carbocycles. The van der Waals surface area contributed by atoms with E-state index in [9.17, 15) is 14.7 Å². The van der Waals surface area contributed by atoms with Crippen molar-refractivity contribution in [3.8, 4) is 0 Å². The number of hydrogen-bond donors (Lipinski definition) is 1. The van der Waals surface area contributed by atoms with Crippen LogP contribution in [0.15, 0.2) is 67.0 Å². The molecule has 0 bridgehead atoms. The van der Waals surface area contributed by atoms with Crippen molar-refractivity contribution in [2.75, 3.05) is 11.9 Å². The third-order valence-corrected chi connectivity index (χ3v) is 5.22. The van der Waals surface area contributed by atoms with Crippen LogP contribution >= 0.6 is 23.2 Å². The molecule has 1 atom stereocenters. The van der Waals surface area contributed by atoms with Gasteiger partial charge in [-0.3, -0.25) is 4.79 Å². The molecular formula is C23H19Cl2N4NaO3. The number of halogens is 2. The van der Waals surface area contributed by atoms with E-state index in [-0.39, 0.29) is 51.6 Å². The Balaban J connectivity index is 0.00000385. The Morgan fingerprint density at radius 2 is 1.67 bits per heavy atom. The quantitative estimate of drug-likeness (QED) is 0.460. The van der Waals surface area contributed by atoms with Gasteiger partial charge in [0.15, 0.2) is 0 Å². The number of amides is 1. The van der Waals surface area contributed by atoms with E-state index in [1.165, 1.54) is 12.1 Å². The first-order valence-electron chi connectivity index (χ1n) is 9.60. The van der Waals surface area contributed by atoms with Crippen LogP contribution in [0.25, 0.3) is 6.08 Å². The maximum atomic E-state index is 12.4. The number of hydrogen-bond acceptors (Lipinski definition) is 6. The second-order valence-corrected chi connectivity index (χ2v) is 7.59. The number of nitrogens with zero attached hydrogens (tertiary/aromatic N) is 3. The van der Waals surface area contributed by atoms with Crippen LogP contribution in [-0.4, -0.2) is 34.9 Å². The van der Waals surface area contributed by atoms with Crippen LogP contribution in [0.5, 0.6) is 0 Å². The largest absolute Gasteiger partial charge is 1.00 e. The Morgan fingerprint density at radius 3 is 2.24 bits per heavy atom. The topological polar surface area (TPSA) is 98.2 Å². The van der Waals surface area contributed by atoms with Crippen molar-refractivity contribution in [3.05, 3.63) is 88.2 Å². The molecule has 0 fully saturated rings. The van der Waals surface area contributed by atoms with Crippen molar-refractivity contribution in [3.63, 3.8) is 0 Å². The fourth-order valence-corrected chi connectivity index (χ4v) is 3.46. The molecule has 1 aromatic heterocycles. The number of rotatable bonds is 8. The van der Waals surface area contributed by atoms with Crippen LogP contribution in [0.1, 0.15) is 22.3 Å². The monoisotopic (exact) mass is 492 g/mol. The summed E-state index contributed by atoms with van der Waals surface area (Å²) in [5, 5.41) is 14.2.